The molecule has 7 heteroatoms. The number of benzene rings is 2. The first-order valence-corrected chi connectivity index (χ1v) is 13.4. The highest BCUT2D eigenvalue weighted by Crippen LogP contribution is 2.26. The number of ketones is 1. The summed E-state index contributed by atoms with van der Waals surface area (Å²) in [4.78, 5) is 29.5. The van der Waals surface area contributed by atoms with E-state index in [1.54, 1.807) is 24.3 Å². The fourth-order valence-corrected chi connectivity index (χ4v) is 4.73. The second kappa shape index (κ2) is 13.8. The summed E-state index contributed by atoms with van der Waals surface area (Å²) in [7, 11) is 0. The number of nitrogens with one attached hydrogen (secondary N) is 1. The molecule has 1 aliphatic rings. The summed E-state index contributed by atoms with van der Waals surface area (Å²) in [6.45, 7) is 14.2. The highest BCUT2D eigenvalue weighted by Gasteiger charge is 2.19. The van der Waals surface area contributed by atoms with Gasteiger partial charge in [0.25, 0.3) is 0 Å². The van der Waals surface area contributed by atoms with Gasteiger partial charge in [-0.3, -0.25) is 14.5 Å². The van der Waals surface area contributed by atoms with Gasteiger partial charge in [-0.05, 0) is 101 Å². The second-order valence-electron chi connectivity index (χ2n) is 10.0. The zero-order valence-electron chi connectivity index (χ0n) is 22.1. The van der Waals surface area contributed by atoms with E-state index >= 15 is 0 Å². The van der Waals surface area contributed by atoms with Crippen LogP contribution >= 0.6 is 11.6 Å². The van der Waals surface area contributed by atoms with E-state index in [2.05, 4.69) is 15.1 Å². The molecule has 1 amide bonds. The highest BCUT2D eigenvalue weighted by molar-refractivity contribution is 6.30. The van der Waals surface area contributed by atoms with Crippen molar-refractivity contribution in [3.8, 4) is 5.75 Å². The maximum Gasteiger partial charge on any atom is 0.234 e. The number of hydrogen-bond donors (Lipinski definition) is 1. The van der Waals surface area contributed by atoms with E-state index in [0.29, 0.717) is 29.3 Å². The predicted molar refractivity (Wildman–Crippen MR) is 146 cm³/mol. The average molecular weight is 514 g/mol. The molecule has 0 unspecified atom stereocenters. The molecule has 0 aromatic heterocycles. The average Bonchev–Trinajstić information content (AvgIpc) is 2.83. The van der Waals surface area contributed by atoms with Crippen LogP contribution in [0.3, 0.4) is 0 Å². The minimum atomic E-state index is -0.0101. The van der Waals surface area contributed by atoms with Crippen molar-refractivity contribution in [1.29, 1.82) is 0 Å². The van der Waals surface area contributed by atoms with Gasteiger partial charge in [0.05, 0.1) is 13.2 Å². The van der Waals surface area contributed by atoms with Gasteiger partial charge in [-0.2, -0.15) is 0 Å². The molecule has 0 bridgehead atoms. The normalized spacial score (nSPS) is 14.7. The lowest BCUT2D eigenvalue weighted by Gasteiger charge is -2.34. The standard InChI is InChI=1S/C29H40ClN3O3/c1-21(2)31-27(34)20-33-15-13-32(14-16-33)12-6-5-7-17-36-29-22(3)18-25(19-23(29)4)28(35)24-8-10-26(30)11-9-24/h8-11,18-19,21H,5-7,12-17,20H2,1-4H3,(H,31,34). The van der Waals surface area contributed by atoms with Gasteiger partial charge in [-0.15, -0.1) is 0 Å². The van der Waals surface area contributed by atoms with Crippen LogP contribution in [0.4, 0.5) is 0 Å². The molecule has 2 aromatic rings. The van der Waals surface area contributed by atoms with E-state index in [1.165, 1.54) is 0 Å². The molecule has 196 valence electrons. The van der Waals surface area contributed by atoms with E-state index in [1.807, 2.05) is 39.8 Å². The Balaban J connectivity index is 1.35. The zero-order chi connectivity index (χ0) is 26.1. The molecular weight excluding hydrogens is 474 g/mol. The number of nitrogens with zero attached hydrogens (tertiary/aromatic N) is 2. The van der Waals surface area contributed by atoms with E-state index in [-0.39, 0.29) is 17.7 Å². The molecule has 1 saturated heterocycles. The second-order valence-corrected chi connectivity index (χ2v) is 10.5. The molecule has 6 nitrogen and oxygen atoms in total. The first-order chi connectivity index (χ1) is 17.2. The van der Waals surface area contributed by atoms with Crippen molar-refractivity contribution in [3.05, 3.63) is 63.7 Å². The monoisotopic (exact) mass is 513 g/mol. The Hall–Kier alpha value is -2.41. The number of hydrogen-bond acceptors (Lipinski definition) is 5. The van der Waals surface area contributed by atoms with Gasteiger partial charge in [-0.25, -0.2) is 0 Å². The molecule has 1 heterocycles. The topological polar surface area (TPSA) is 61.9 Å². The molecule has 1 N–H and O–H groups in total. The van der Waals surface area contributed by atoms with Gasteiger partial charge >= 0.3 is 0 Å². The van der Waals surface area contributed by atoms with E-state index in [4.69, 9.17) is 16.3 Å². The van der Waals surface area contributed by atoms with Gasteiger partial charge in [0.2, 0.25) is 5.91 Å². The number of piperazine rings is 1. The molecule has 0 saturated carbocycles. The summed E-state index contributed by atoms with van der Waals surface area (Å²) in [5.41, 5.74) is 3.25. The molecule has 0 spiro atoms. The SMILES string of the molecule is Cc1cc(C(=O)c2ccc(Cl)cc2)cc(C)c1OCCCCCN1CCN(CC(=O)NC(C)C)CC1. The number of aryl methyl sites for hydroxylation is 2. The number of amides is 1. The summed E-state index contributed by atoms with van der Waals surface area (Å²) in [5.74, 6) is 0.982. The summed E-state index contributed by atoms with van der Waals surface area (Å²) in [6, 6.07) is 11.0. The number of unbranched alkanes of at least 4 members (excludes halogenated alkanes) is 2. The van der Waals surface area contributed by atoms with Crippen molar-refractivity contribution >= 4 is 23.3 Å². The molecule has 2 aromatic carbocycles. The molecule has 1 fully saturated rings. The van der Waals surface area contributed by atoms with Crippen LogP contribution in [0.25, 0.3) is 0 Å². The quantitative estimate of drug-likeness (QED) is 0.324. The van der Waals surface area contributed by atoms with Crippen LogP contribution in [-0.4, -0.2) is 73.4 Å². The molecule has 36 heavy (non-hydrogen) atoms. The minimum absolute atomic E-state index is 0.0101. The molecule has 0 atom stereocenters. The highest BCUT2D eigenvalue weighted by atomic mass is 35.5. The third-order valence-corrected chi connectivity index (χ3v) is 6.73. The first kappa shape index (κ1) is 28.2. The van der Waals surface area contributed by atoms with Crippen molar-refractivity contribution in [3.63, 3.8) is 0 Å². The van der Waals surface area contributed by atoms with Gasteiger partial charge in [0.1, 0.15) is 5.75 Å². The maximum atomic E-state index is 12.8. The molecule has 0 radical (unpaired) electrons. The summed E-state index contributed by atoms with van der Waals surface area (Å²) >= 11 is 5.94. The fourth-order valence-electron chi connectivity index (χ4n) is 4.61. The van der Waals surface area contributed by atoms with Crippen molar-refractivity contribution in [2.24, 2.45) is 0 Å². The van der Waals surface area contributed by atoms with Crippen molar-refractivity contribution < 1.29 is 14.3 Å². The van der Waals surface area contributed by atoms with Crippen molar-refractivity contribution in [2.45, 2.75) is 53.0 Å². The predicted octanol–water partition coefficient (Wildman–Crippen LogP) is 4.88. The van der Waals surface area contributed by atoms with Crippen LogP contribution in [0, 0.1) is 13.8 Å². The number of rotatable bonds is 12. The van der Waals surface area contributed by atoms with Crippen LogP contribution in [0.5, 0.6) is 5.75 Å². The molecule has 3 rings (SSSR count). The van der Waals surface area contributed by atoms with Crippen molar-refractivity contribution in [1.82, 2.24) is 15.1 Å². The Morgan fingerprint density at radius 1 is 0.917 bits per heavy atom. The molecular formula is C29H40ClN3O3. The number of ether oxygens (including phenoxy) is 1. The van der Waals surface area contributed by atoms with Crippen LogP contribution in [0.2, 0.25) is 5.02 Å². The largest absolute Gasteiger partial charge is 0.493 e. The van der Waals surface area contributed by atoms with E-state index < -0.39 is 0 Å². The summed E-state index contributed by atoms with van der Waals surface area (Å²) in [5, 5.41) is 3.58. The van der Waals surface area contributed by atoms with Crippen LogP contribution in [-0.2, 0) is 4.79 Å². The zero-order valence-corrected chi connectivity index (χ0v) is 22.9. The van der Waals surface area contributed by atoms with Gasteiger partial charge < -0.3 is 15.0 Å². The van der Waals surface area contributed by atoms with Crippen LogP contribution in [0.15, 0.2) is 36.4 Å². The first-order valence-electron chi connectivity index (χ1n) is 13.0. The Bertz CT molecular complexity index is 992. The fraction of sp³-hybridized carbons (Fsp3) is 0.517. The maximum absolute atomic E-state index is 12.8. The lowest BCUT2D eigenvalue weighted by Crippen LogP contribution is -2.50. The lowest BCUT2D eigenvalue weighted by molar-refractivity contribution is -0.123. The Kier molecular flexibility index (Phi) is 10.8. The molecule has 1 aliphatic heterocycles. The molecule has 0 aliphatic carbocycles. The third kappa shape index (κ3) is 8.61. The third-order valence-electron chi connectivity index (χ3n) is 6.48. The number of carbonyl (C=O) groups is 2. The van der Waals surface area contributed by atoms with Crippen LogP contribution < -0.4 is 10.1 Å². The van der Waals surface area contributed by atoms with Gasteiger partial charge in [-0.1, -0.05) is 11.6 Å². The van der Waals surface area contributed by atoms with Crippen molar-refractivity contribution in [2.75, 3.05) is 45.9 Å². The number of carbonyl (C=O) groups excluding carboxylic acids is 2. The van der Waals surface area contributed by atoms with Gasteiger partial charge in [0, 0.05) is 48.4 Å². The van der Waals surface area contributed by atoms with E-state index in [0.717, 1.165) is 68.9 Å². The lowest BCUT2D eigenvalue weighted by atomic mass is 9.98. The summed E-state index contributed by atoms with van der Waals surface area (Å²) < 4.78 is 6.11. The summed E-state index contributed by atoms with van der Waals surface area (Å²) in [6.07, 6.45) is 3.26. The minimum Gasteiger partial charge on any atom is -0.493 e. The Morgan fingerprint density at radius 3 is 2.14 bits per heavy atom. The van der Waals surface area contributed by atoms with E-state index in [9.17, 15) is 9.59 Å². The Morgan fingerprint density at radius 2 is 1.53 bits per heavy atom. The van der Waals surface area contributed by atoms with Gasteiger partial charge in [0.15, 0.2) is 5.78 Å². The van der Waals surface area contributed by atoms with Crippen LogP contribution in [0.1, 0.15) is 60.2 Å². The number of halogens is 1. The Labute approximate surface area is 220 Å². The smallest absolute Gasteiger partial charge is 0.234 e.